The summed E-state index contributed by atoms with van der Waals surface area (Å²) in [7, 11) is 5.80. The number of allylic oxidation sites excluding steroid dienone is 1. The molecule has 3 heteroatoms. The molecule has 0 unspecified atom stereocenters. The van der Waals surface area contributed by atoms with Gasteiger partial charge in [0, 0.05) is 27.2 Å². The standard InChI is InChI=1S/C9H19N3/c1-5-6-9(11-3)12(4)8-7-10-2/h5-6,10H,7-8H2,1-4H3/b6-5-,11-9?. The minimum atomic E-state index is 0.979. The fraction of sp³-hybridized carbons (Fsp3) is 0.667. The van der Waals surface area contributed by atoms with Crippen LogP contribution in [0.3, 0.4) is 0 Å². The molecule has 0 aromatic rings. The van der Waals surface area contributed by atoms with E-state index in [2.05, 4.69) is 15.2 Å². The molecule has 0 saturated heterocycles. The maximum atomic E-state index is 4.16. The van der Waals surface area contributed by atoms with Crippen LogP contribution in [0.25, 0.3) is 0 Å². The number of nitrogens with one attached hydrogen (secondary N) is 1. The van der Waals surface area contributed by atoms with E-state index < -0.39 is 0 Å². The molecule has 0 radical (unpaired) electrons. The summed E-state index contributed by atoms with van der Waals surface area (Å²) in [6.45, 7) is 3.96. The van der Waals surface area contributed by atoms with E-state index in [0.29, 0.717) is 0 Å². The van der Waals surface area contributed by atoms with Gasteiger partial charge in [0.2, 0.25) is 0 Å². The van der Waals surface area contributed by atoms with Crippen LogP contribution in [0.1, 0.15) is 6.92 Å². The van der Waals surface area contributed by atoms with Gasteiger partial charge in [0.25, 0.3) is 0 Å². The van der Waals surface area contributed by atoms with E-state index in [1.54, 1.807) is 0 Å². The summed E-state index contributed by atoms with van der Waals surface area (Å²) in [4.78, 5) is 6.28. The predicted molar refractivity (Wildman–Crippen MR) is 54.7 cm³/mol. The highest BCUT2D eigenvalue weighted by atomic mass is 15.2. The molecule has 12 heavy (non-hydrogen) atoms. The summed E-state index contributed by atoms with van der Waals surface area (Å²) in [5.41, 5.74) is 0. The van der Waals surface area contributed by atoms with Crippen LogP contribution in [0.2, 0.25) is 0 Å². The van der Waals surface area contributed by atoms with Crippen molar-refractivity contribution in [2.45, 2.75) is 6.92 Å². The van der Waals surface area contributed by atoms with Gasteiger partial charge in [-0.2, -0.15) is 0 Å². The molecule has 0 atom stereocenters. The molecule has 0 bridgehead atoms. The molecule has 0 amide bonds. The number of hydrogen-bond donors (Lipinski definition) is 1. The number of amidine groups is 1. The number of hydrogen-bond acceptors (Lipinski definition) is 2. The fourth-order valence-corrected chi connectivity index (χ4v) is 0.916. The summed E-state index contributed by atoms with van der Waals surface area (Å²) in [5, 5.41) is 3.10. The summed E-state index contributed by atoms with van der Waals surface area (Å²) >= 11 is 0. The lowest BCUT2D eigenvalue weighted by molar-refractivity contribution is 0.497. The van der Waals surface area contributed by atoms with Gasteiger partial charge >= 0.3 is 0 Å². The second-order valence-electron chi connectivity index (χ2n) is 2.61. The third-order valence-electron chi connectivity index (χ3n) is 1.63. The van der Waals surface area contributed by atoms with E-state index in [1.165, 1.54) is 0 Å². The zero-order valence-electron chi connectivity index (χ0n) is 8.46. The van der Waals surface area contributed by atoms with Crippen molar-refractivity contribution in [2.24, 2.45) is 4.99 Å². The van der Waals surface area contributed by atoms with Crippen LogP contribution in [0.5, 0.6) is 0 Å². The second kappa shape index (κ2) is 6.85. The molecular weight excluding hydrogens is 150 g/mol. The van der Waals surface area contributed by atoms with Gasteiger partial charge in [-0.25, -0.2) is 0 Å². The monoisotopic (exact) mass is 169 g/mol. The maximum Gasteiger partial charge on any atom is 0.122 e. The van der Waals surface area contributed by atoms with Gasteiger partial charge < -0.3 is 10.2 Å². The van der Waals surface area contributed by atoms with E-state index in [9.17, 15) is 0 Å². The Labute approximate surface area is 75.2 Å². The largest absolute Gasteiger partial charge is 0.359 e. The lowest BCUT2D eigenvalue weighted by Gasteiger charge is -2.18. The first kappa shape index (κ1) is 11.2. The molecule has 0 heterocycles. The van der Waals surface area contributed by atoms with E-state index in [0.717, 1.165) is 18.9 Å². The molecule has 0 aromatic carbocycles. The van der Waals surface area contributed by atoms with Crippen molar-refractivity contribution in [3.8, 4) is 0 Å². The van der Waals surface area contributed by atoms with E-state index in [1.807, 2.05) is 40.2 Å². The Morgan fingerprint density at radius 2 is 2.25 bits per heavy atom. The third kappa shape index (κ3) is 4.13. The van der Waals surface area contributed by atoms with Gasteiger partial charge in [-0.05, 0) is 20.0 Å². The van der Waals surface area contributed by atoms with Gasteiger partial charge in [-0.15, -0.1) is 0 Å². The smallest absolute Gasteiger partial charge is 0.122 e. The number of aliphatic imine (C=N–C) groups is 1. The number of likely N-dealkylation sites (N-methyl/N-ethyl adjacent to an activating group) is 2. The third-order valence-corrected chi connectivity index (χ3v) is 1.63. The first-order valence-corrected chi connectivity index (χ1v) is 4.21. The summed E-state index contributed by atoms with van der Waals surface area (Å²) in [6, 6.07) is 0. The molecule has 0 aromatic heterocycles. The zero-order valence-corrected chi connectivity index (χ0v) is 8.46. The highest BCUT2D eigenvalue weighted by Gasteiger charge is 1.99. The predicted octanol–water partition coefficient (Wildman–Crippen LogP) is 0.742. The Hall–Kier alpha value is -0.830. The van der Waals surface area contributed by atoms with Crippen LogP contribution in [0.15, 0.2) is 17.1 Å². The molecular formula is C9H19N3. The average molecular weight is 169 g/mol. The van der Waals surface area contributed by atoms with Crippen molar-refractivity contribution in [3.05, 3.63) is 12.2 Å². The molecule has 70 valence electrons. The highest BCUT2D eigenvalue weighted by molar-refractivity contribution is 5.92. The summed E-state index contributed by atoms with van der Waals surface area (Å²) in [5.74, 6) is 1.02. The highest BCUT2D eigenvalue weighted by Crippen LogP contribution is 1.88. The van der Waals surface area contributed by atoms with Crippen molar-refractivity contribution in [1.82, 2.24) is 10.2 Å². The van der Waals surface area contributed by atoms with Gasteiger partial charge in [0.1, 0.15) is 5.84 Å². The van der Waals surface area contributed by atoms with Gasteiger partial charge in [-0.1, -0.05) is 6.08 Å². The lowest BCUT2D eigenvalue weighted by Crippen LogP contribution is -2.31. The Bertz CT molecular complexity index is 161. The zero-order chi connectivity index (χ0) is 9.40. The Morgan fingerprint density at radius 1 is 1.58 bits per heavy atom. The minimum absolute atomic E-state index is 0.979. The summed E-state index contributed by atoms with van der Waals surface area (Å²) in [6.07, 6.45) is 4.01. The molecule has 0 aliphatic rings. The van der Waals surface area contributed by atoms with Crippen LogP contribution in [-0.2, 0) is 0 Å². The molecule has 0 aliphatic carbocycles. The van der Waals surface area contributed by atoms with Gasteiger partial charge in [-0.3, -0.25) is 4.99 Å². The first-order chi connectivity index (χ1) is 5.76. The topological polar surface area (TPSA) is 27.6 Å². The van der Waals surface area contributed by atoms with Crippen molar-refractivity contribution in [3.63, 3.8) is 0 Å². The number of nitrogens with zero attached hydrogens (tertiary/aromatic N) is 2. The molecule has 0 spiro atoms. The van der Waals surface area contributed by atoms with Crippen LogP contribution >= 0.6 is 0 Å². The SMILES string of the molecule is C/C=C\C(=NC)N(C)CCNC. The molecule has 1 N–H and O–H groups in total. The van der Waals surface area contributed by atoms with E-state index >= 15 is 0 Å². The molecule has 0 fully saturated rings. The van der Waals surface area contributed by atoms with Crippen LogP contribution in [0, 0.1) is 0 Å². The lowest BCUT2D eigenvalue weighted by atomic mass is 10.4. The van der Waals surface area contributed by atoms with Crippen LogP contribution in [0.4, 0.5) is 0 Å². The van der Waals surface area contributed by atoms with Crippen molar-refractivity contribution in [1.29, 1.82) is 0 Å². The Kier molecular flexibility index (Phi) is 6.38. The number of rotatable bonds is 4. The van der Waals surface area contributed by atoms with Crippen molar-refractivity contribution < 1.29 is 0 Å². The van der Waals surface area contributed by atoms with Gasteiger partial charge in [0.15, 0.2) is 0 Å². The second-order valence-corrected chi connectivity index (χ2v) is 2.61. The normalized spacial score (nSPS) is 12.5. The van der Waals surface area contributed by atoms with Crippen LogP contribution in [-0.4, -0.2) is 45.0 Å². The fourth-order valence-electron chi connectivity index (χ4n) is 0.916. The van der Waals surface area contributed by atoms with Crippen molar-refractivity contribution >= 4 is 5.84 Å². The Balaban J connectivity index is 3.95. The van der Waals surface area contributed by atoms with E-state index in [-0.39, 0.29) is 0 Å². The molecule has 0 rings (SSSR count). The van der Waals surface area contributed by atoms with E-state index in [4.69, 9.17) is 0 Å². The molecule has 3 nitrogen and oxygen atoms in total. The molecule has 0 aliphatic heterocycles. The van der Waals surface area contributed by atoms with Crippen LogP contribution < -0.4 is 5.32 Å². The van der Waals surface area contributed by atoms with Crippen molar-refractivity contribution in [2.75, 3.05) is 34.2 Å². The van der Waals surface area contributed by atoms with Gasteiger partial charge in [0.05, 0.1) is 0 Å². The quantitative estimate of drug-likeness (QED) is 0.496. The minimum Gasteiger partial charge on any atom is -0.359 e. The summed E-state index contributed by atoms with van der Waals surface area (Å²) < 4.78 is 0. The maximum absolute atomic E-state index is 4.16. The first-order valence-electron chi connectivity index (χ1n) is 4.21. The molecule has 0 saturated carbocycles. The Morgan fingerprint density at radius 3 is 2.67 bits per heavy atom. The average Bonchev–Trinajstić information content (AvgIpc) is 2.10.